The molecule has 72 valence electrons. The van der Waals surface area contributed by atoms with Crippen molar-refractivity contribution in [3.05, 3.63) is 34.9 Å². The van der Waals surface area contributed by atoms with Crippen LogP contribution in [0.4, 0.5) is 0 Å². The topological polar surface area (TPSA) is 12.0 Å². The lowest BCUT2D eigenvalue weighted by atomic mass is 10.0. The number of nitrogens with one attached hydrogen (secondary N) is 1. The van der Waals surface area contributed by atoms with Crippen molar-refractivity contribution in [1.29, 1.82) is 0 Å². The van der Waals surface area contributed by atoms with Crippen LogP contribution < -0.4 is 4.72 Å². The van der Waals surface area contributed by atoms with Gasteiger partial charge in [0.15, 0.2) is 0 Å². The third kappa shape index (κ3) is 2.75. The van der Waals surface area contributed by atoms with Gasteiger partial charge in [0.05, 0.1) is 0 Å². The number of benzene rings is 1. The molecule has 1 aromatic carbocycles. The minimum absolute atomic E-state index is 0.844. The Morgan fingerprint density at radius 1 is 1.15 bits per heavy atom. The molecule has 0 atom stereocenters. The standard InChI is InChI=1S/C11H17NS/c1-3-9-5-6-11(8-12-13)10(4-2)7-9/h5-7,12-13H,3-4,8H2,1-2H3. The summed E-state index contributed by atoms with van der Waals surface area (Å²) in [4.78, 5) is 0. The Hall–Kier alpha value is -0.470. The molecule has 1 nitrogen and oxygen atoms in total. The van der Waals surface area contributed by atoms with Gasteiger partial charge in [0, 0.05) is 6.54 Å². The first-order valence-corrected chi connectivity index (χ1v) is 5.24. The molecule has 0 radical (unpaired) electrons. The molecule has 0 aliphatic heterocycles. The van der Waals surface area contributed by atoms with Gasteiger partial charge in [-0.25, -0.2) is 0 Å². The molecule has 2 heteroatoms. The predicted molar refractivity (Wildman–Crippen MR) is 61.0 cm³/mol. The van der Waals surface area contributed by atoms with E-state index in [0.717, 1.165) is 19.4 Å². The summed E-state index contributed by atoms with van der Waals surface area (Å²) in [6.07, 6.45) is 2.21. The first-order chi connectivity index (χ1) is 6.31. The van der Waals surface area contributed by atoms with E-state index in [-0.39, 0.29) is 0 Å². The monoisotopic (exact) mass is 195 g/mol. The van der Waals surface area contributed by atoms with Crippen LogP contribution in [0.15, 0.2) is 18.2 Å². The summed E-state index contributed by atoms with van der Waals surface area (Å²) in [5, 5.41) is 0. The van der Waals surface area contributed by atoms with Gasteiger partial charge in [-0.2, -0.15) is 0 Å². The quantitative estimate of drug-likeness (QED) is 0.704. The van der Waals surface area contributed by atoms with E-state index < -0.39 is 0 Å². The van der Waals surface area contributed by atoms with Gasteiger partial charge in [-0.3, -0.25) is 4.72 Å². The Balaban J connectivity index is 2.93. The van der Waals surface area contributed by atoms with Crippen molar-refractivity contribution in [2.45, 2.75) is 33.2 Å². The van der Waals surface area contributed by atoms with Crippen molar-refractivity contribution in [2.75, 3.05) is 0 Å². The molecule has 0 aromatic heterocycles. The van der Waals surface area contributed by atoms with Crippen molar-refractivity contribution < 1.29 is 0 Å². The number of hydrogen-bond donors (Lipinski definition) is 2. The first-order valence-electron chi connectivity index (χ1n) is 4.79. The molecule has 0 fully saturated rings. The van der Waals surface area contributed by atoms with E-state index in [0.29, 0.717) is 0 Å². The van der Waals surface area contributed by atoms with Crippen LogP contribution >= 0.6 is 12.8 Å². The number of hydrogen-bond acceptors (Lipinski definition) is 2. The fraction of sp³-hybridized carbons (Fsp3) is 0.455. The van der Waals surface area contributed by atoms with Crippen molar-refractivity contribution in [3.63, 3.8) is 0 Å². The summed E-state index contributed by atoms with van der Waals surface area (Å²) < 4.78 is 2.89. The molecule has 0 aliphatic rings. The Labute approximate surface area is 86.1 Å². The van der Waals surface area contributed by atoms with E-state index in [4.69, 9.17) is 0 Å². The van der Waals surface area contributed by atoms with Crippen LogP contribution in [0.5, 0.6) is 0 Å². The third-order valence-electron chi connectivity index (χ3n) is 2.33. The van der Waals surface area contributed by atoms with Crippen LogP contribution in [0.25, 0.3) is 0 Å². The highest BCUT2D eigenvalue weighted by molar-refractivity contribution is 7.78. The first kappa shape index (κ1) is 10.6. The molecular weight excluding hydrogens is 178 g/mol. The lowest BCUT2D eigenvalue weighted by Gasteiger charge is -2.08. The summed E-state index contributed by atoms with van der Waals surface area (Å²) in [5.41, 5.74) is 4.20. The summed E-state index contributed by atoms with van der Waals surface area (Å²) in [5.74, 6) is 0. The summed E-state index contributed by atoms with van der Waals surface area (Å²) in [6.45, 7) is 5.22. The molecule has 1 N–H and O–H groups in total. The van der Waals surface area contributed by atoms with Crippen LogP contribution in [0.3, 0.4) is 0 Å². The Kier molecular flexibility index (Phi) is 4.33. The average Bonchev–Trinajstić information content (AvgIpc) is 2.19. The van der Waals surface area contributed by atoms with Gasteiger partial charge in [0.2, 0.25) is 0 Å². The molecule has 1 rings (SSSR count). The normalized spacial score (nSPS) is 10.4. The molecular formula is C11H17NS. The average molecular weight is 195 g/mol. The van der Waals surface area contributed by atoms with Crippen molar-refractivity contribution in [1.82, 2.24) is 4.72 Å². The Morgan fingerprint density at radius 2 is 1.92 bits per heavy atom. The van der Waals surface area contributed by atoms with Crippen LogP contribution in [-0.4, -0.2) is 0 Å². The molecule has 0 bridgehead atoms. The minimum Gasteiger partial charge on any atom is -0.262 e. The summed E-state index contributed by atoms with van der Waals surface area (Å²) in [6, 6.07) is 6.68. The zero-order valence-corrected chi connectivity index (χ0v) is 9.20. The van der Waals surface area contributed by atoms with E-state index in [1.165, 1.54) is 16.7 Å². The van der Waals surface area contributed by atoms with Gasteiger partial charge in [0.1, 0.15) is 0 Å². The Bertz CT molecular complexity index is 271. The number of aryl methyl sites for hydroxylation is 2. The molecule has 1 aromatic rings. The maximum atomic E-state index is 4.02. The molecule has 13 heavy (non-hydrogen) atoms. The zero-order chi connectivity index (χ0) is 9.68. The highest BCUT2D eigenvalue weighted by atomic mass is 32.1. The van der Waals surface area contributed by atoms with E-state index in [1.807, 2.05) is 0 Å². The van der Waals surface area contributed by atoms with Gasteiger partial charge in [0.25, 0.3) is 0 Å². The van der Waals surface area contributed by atoms with Crippen LogP contribution in [0.1, 0.15) is 30.5 Å². The summed E-state index contributed by atoms with van der Waals surface area (Å²) in [7, 11) is 0. The molecule has 0 saturated heterocycles. The van der Waals surface area contributed by atoms with Crippen molar-refractivity contribution >= 4 is 12.8 Å². The van der Waals surface area contributed by atoms with Gasteiger partial charge in [-0.1, -0.05) is 44.9 Å². The van der Waals surface area contributed by atoms with Crippen molar-refractivity contribution in [2.24, 2.45) is 0 Å². The maximum absolute atomic E-state index is 4.02. The van der Waals surface area contributed by atoms with E-state index in [2.05, 4.69) is 49.6 Å². The SMILES string of the molecule is CCc1ccc(CNS)c(CC)c1. The molecule has 0 spiro atoms. The molecule has 0 heterocycles. The van der Waals surface area contributed by atoms with Crippen LogP contribution in [0, 0.1) is 0 Å². The molecule has 0 amide bonds. The second-order valence-electron chi connectivity index (χ2n) is 3.15. The zero-order valence-electron chi connectivity index (χ0n) is 8.30. The smallest absolute Gasteiger partial charge is 0.0310 e. The largest absolute Gasteiger partial charge is 0.262 e. The van der Waals surface area contributed by atoms with E-state index in [9.17, 15) is 0 Å². The summed E-state index contributed by atoms with van der Waals surface area (Å²) >= 11 is 4.02. The molecule has 0 unspecified atom stereocenters. The highest BCUT2D eigenvalue weighted by Gasteiger charge is 2.00. The fourth-order valence-corrected chi connectivity index (χ4v) is 1.66. The van der Waals surface area contributed by atoms with E-state index >= 15 is 0 Å². The van der Waals surface area contributed by atoms with Gasteiger partial charge in [-0.15, -0.1) is 0 Å². The van der Waals surface area contributed by atoms with Crippen LogP contribution in [-0.2, 0) is 19.4 Å². The third-order valence-corrected chi connectivity index (χ3v) is 2.49. The number of rotatable bonds is 4. The van der Waals surface area contributed by atoms with Crippen LogP contribution in [0.2, 0.25) is 0 Å². The van der Waals surface area contributed by atoms with Gasteiger partial charge in [-0.05, 0) is 29.5 Å². The Morgan fingerprint density at radius 3 is 2.46 bits per heavy atom. The lowest BCUT2D eigenvalue weighted by molar-refractivity contribution is 0.939. The van der Waals surface area contributed by atoms with E-state index in [1.54, 1.807) is 0 Å². The molecule has 0 saturated carbocycles. The van der Waals surface area contributed by atoms with Gasteiger partial charge >= 0.3 is 0 Å². The number of thiol groups is 1. The fourth-order valence-electron chi connectivity index (χ4n) is 1.49. The highest BCUT2D eigenvalue weighted by Crippen LogP contribution is 2.13. The van der Waals surface area contributed by atoms with Crippen molar-refractivity contribution in [3.8, 4) is 0 Å². The van der Waals surface area contributed by atoms with Gasteiger partial charge < -0.3 is 0 Å². The second kappa shape index (κ2) is 5.30. The lowest BCUT2D eigenvalue weighted by Crippen LogP contribution is -2.02. The maximum Gasteiger partial charge on any atom is 0.0310 e. The predicted octanol–water partition coefficient (Wildman–Crippen LogP) is 2.75. The second-order valence-corrected chi connectivity index (χ2v) is 3.46. The minimum atomic E-state index is 0.844. The molecule has 0 aliphatic carbocycles.